The molecule has 98 valence electrons. The molecule has 2 N–H and O–H groups in total. The van der Waals surface area contributed by atoms with Crippen molar-refractivity contribution in [2.75, 3.05) is 0 Å². The summed E-state index contributed by atoms with van der Waals surface area (Å²) in [5.74, 6) is -0.331. The average molecular weight is 269 g/mol. The second kappa shape index (κ2) is 4.52. The Hall–Kier alpha value is -0.555. The molecule has 6 heteroatoms. The lowest BCUT2D eigenvalue weighted by atomic mass is 9.79. The minimum atomic E-state index is -0.485. The molecule has 0 aromatic heterocycles. The van der Waals surface area contributed by atoms with E-state index in [0.717, 1.165) is 17.4 Å². The first-order valence-corrected chi connectivity index (χ1v) is 6.66. The Kier molecular flexibility index (Phi) is 3.49. The molecule has 0 radical (unpaired) electrons. The Balaban J connectivity index is 2.30. The largest absolute Gasteiger partial charge is 0.494 e. The average Bonchev–Trinajstić information content (AvgIpc) is 2.49. The molecule has 1 aliphatic heterocycles. The van der Waals surface area contributed by atoms with Crippen LogP contribution in [0, 0.1) is 5.82 Å². The van der Waals surface area contributed by atoms with E-state index in [4.69, 9.17) is 14.4 Å². The highest BCUT2D eigenvalue weighted by Gasteiger charge is 2.51. The van der Waals surface area contributed by atoms with Gasteiger partial charge in [0, 0.05) is 0 Å². The number of hydrogen-bond acceptors (Lipinski definition) is 4. The molecule has 0 bridgehead atoms. The quantitative estimate of drug-likeness (QED) is 0.659. The molecule has 0 saturated carbocycles. The smallest absolute Gasteiger partial charge is 0.399 e. The van der Waals surface area contributed by atoms with Crippen molar-refractivity contribution < 1.29 is 13.7 Å². The third-order valence-electron chi connectivity index (χ3n) is 3.61. The maximum Gasteiger partial charge on any atom is 0.494 e. The highest BCUT2D eigenvalue weighted by atomic mass is 32.2. The van der Waals surface area contributed by atoms with Crippen molar-refractivity contribution in [1.82, 2.24) is 0 Å². The van der Waals surface area contributed by atoms with Crippen molar-refractivity contribution in [2.45, 2.75) is 43.8 Å². The van der Waals surface area contributed by atoms with Crippen LogP contribution in [-0.2, 0) is 9.31 Å². The maximum absolute atomic E-state index is 13.4. The fourth-order valence-electron chi connectivity index (χ4n) is 1.74. The molecule has 0 aliphatic carbocycles. The molecule has 0 spiro atoms. The molecule has 1 aromatic carbocycles. The van der Waals surface area contributed by atoms with Crippen molar-refractivity contribution in [3.8, 4) is 0 Å². The minimum absolute atomic E-state index is 0.331. The number of rotatable bonds is 2. The molecular weight excluding hydrogens is 252 g/mol. The monoisotopic (exact) mass is 269 g/mol. The van der Waals surface area contributed by atoms with Crippen molar-refractivity contribution in [2.24, 2.45) is 5.14 Å². The molecular formula is C12H17BFNO2S. The first-order valence-electron chi connectivity index (χ1n) is 5.79. The zero-order valence-electron chi connectivity index (χ0n) is 11.0. The predicted molar refractivity (Wildman–Crippen MR) is 72.2 cm³/mol. The molecule has 2 rings (SSSR count). The summed E-state index contributed by atoms with van der Waals surface area (Å²) in [6.07, 6.45) is 0. The molecule has 1 saturated heterocycles. The van der Waals surface area contributed by atoms with Crippen LogP contribution < -0.4 is 10.6 Å². The van der Waals surface area contributed by atoms with Gasteiger partial charge in [-0.1, -0.05) is 6.07 Å². The van der Waals surface area contributed by atoms with Crippen molar-refractivity contribution in [1.29, 1.82) is 0 Å². The van der Waals surface area contributed by atoms with E-state index >= 15 is 0 Å². The third kappa shape index (κ3) is 2.30. The molecule has 18 heavy (non-hydrogen) atoms. The van der Waals surface area contributed by atoms with Crippen LogP contribution in [0.1, 0.15) is 27.7 Å². The Labute approximate surface area is 111 Å². The van der Waals surface area contributed by atoms with Crippen LogP contribution in [0.25, 0.3) is 0 Å². The van der Waals surface area contributed by atoms with Crippen molar-refractivity contribution >= 4 is 24.5 Å². The van der Waals surface area contributed by atoms with Crippen molar-refractivity contribution in [3.63, 3.8) is 0 Å². The topological polar surface area (TPSA) is 44.5 Å². The van der Waals surface area contributed by atoms with E-state index in [9.17, 15) is 4.39 Å². The maximum atomic E-state index is 13.4. The lowest BCUT2D eigenvalue weighted by molar-refractivity contribution is 0.00578. The zero-order chi connectivity index (χ0) is 13.6. The van der Waals surface area contributed by atoms with Crippen LogP contribution in [0.3, 0.4) is 0 Å². The lowest BCUT2D eigenvalue weighted by Crippen LogP contribution is -2.41. The van der Waals surface area contributed by atoms with Crippen LogP contribution in [0.15, 0.2) is 23.1 Å². The normalized spacial score (nSPS) is 21.3. The second-order valence-electron chi connectivity index (χ2n) is 5.40. The summed E-state index contributed by atoms with van der Waals surface area (Å²) in [5.41, 5.74) is -0.0209. The number of hydrogen-bond donors (Lipinski definition) is 1. The van der Waals surface area contributed by atoms with E-state index in [-0.39, 0.29) is 5.82 Å². The van der Waals surface area contributed by atoms with Gasteiger partial charge in [0.25, 0.3) is 0 Å². The summed E-state index contributed by atoms with van der Waals surface area (Å²) in [6, 6.07) is 4.72. The van der Waals surface area contributed by atoms with Gasteiger partial charge >= 0.3 is 7.12 Å². The lowest BCUT2D eigenvalue weighted by Gasteiger charge is -2.32. The van der Waals surface area contributed by atoms with Crippen LogP contribution in [0.2, 0.25) is 0 Å². The first-order chi connectivity index (χ1) is 8.27. The van der Waals surface area contributed by atoms with Crippen LogP contribution in [-0.4, -0.2) is 18.3 Å². The van der Waals surface area contributed by atoms with E-state index in [0.29, 0.717) is 4.90 Å². The second-order valence-corrected chi connectivity index (χ2v) is 6.07. The van der Waals surface area contributed by atoms with Gasteiger partial charge in [0.05, 0.1) is 16.1 Å². The molecule has 1 heterocycles. The van der Waals surface area contributed by atoms with Gasteiger partial charge in [-0.15, -0.1) is 0 Å². The SMILES string of the molecule is CC1(C)OB(c2ccc(F)c(SN)c2)OC1(C)C. The summed E-state index contributed by atoms with van der Waals surface area (Å²) in [6.45, 7) is 7.93. The summed E-state index contributed by atoms with van der Waals surface area (Å²) < 4.78 is 25.2. The van der Waals surface area contributed by atoms with Crippen LogP contribution in [0.5, 0.6) is 0 Å². The van der Waals surface area contributed by atoms with E-state index in [1.165, 1.54) is 6.07 Å². The number of nitrogens with two attached hydrogens (primary N) is 1. The predicted octanol–water partition coefficient (Wildman–Crippen LogP) is 2.09. The molecule has 1 aromatic rings. The van der Waals surface area contributed by atoms with Gasteiger partial charge in [0.2, 0.25) is 0 Å². The Morgan fingerprint density at radius 2 is 1.72 bits per heavy atom. The molecule has 3 nitrogen and oxygen atoms in total. The Morgan fingerprint density at radius 1 is 1.17 bits per heavy atom. The Bertz CT molecular complexity index is 451. The summed E-state index contributed by atoms with van der Waals surface area (Å²) in [7, 11) is -0.485. The van der Waals surface area contributed by atoms with Gasteiger partial charge in [-0.3, -0.25) is 5.14 Å². The molecule has 1 aliphatic rings. The molecule has 0 amide bonds. The van der Waals surface area contributed by atoms with Gasteiger partial charge in [-0.2, -0.15) is 0 Å². The van der Waals surface area contributed by atoms with E-state index in [1.54, 1.807) is 12.1 Å². The summed E-state index contributed by atoms with van der Waals surface area (Å²) >= 11 is 0.882. The highest BCUT2D eigenvalue weighted by molar-refractivity contribution is 7.97. The van der Waals surface area contributed by atoms with Gasteiger partial charge in [-0.25, -0.2) is 4.39 Å². The first kappa shape index (κ1) is 13.9. The highest BCUT2D eigenvalue weighted by Crippen LogP contribution is 2.36. The standard InChI is InChI=1S/C12H17BFNO2S/c1-11(2)12(3,4)17-13(16-11)8-5-6-9(14)10(7-8)18-15/h5-7H,15H2,1-4H3. The minimum Gasteiger partial charge on any atom is -0.399 e. The van der Waals surface area contributed by atoms with Gasteiger partial charge in [-0.05, 0) is 57.2 Å². The van der Waals surface area contributed by atoms with Crippen LogP contribution in [0.4, 0.5) is 4.39 Å². The summed E-state index contributed by atoms with van der Waals surface area (Å²) in [4.78, 5) is 0.391. The third-order valence-corrected chi connectivity index (χ3v) is 4.17. The molecule has 0 atom stereocenters. The molecule has 0 unspecified atom stereocenters. The fourth-order valence-corrected chi connectivity index (χ4v) is 2.12. The fraction of sp³-hybridized carbons (Fsp3) is 0.500. The van der Waals surface area contributed by atoms with E-state index in [1.807, 2.05) is 27.7 Å². The van der Waals surface area contributed by atoms with E-state index < -0.39 is 18.3 Å². The van der Waals surface area contributed by atoms with Gasteiger partial charge < -0.3 is 9.31 Å². The molecule has 1 fully saturated rings. The van der Waals surface area contributed by atoms with E-state index in [2.05, 4.69) is 0 Å². The Morgan fingerprint density at radius 3 is 2.22 bits per heavy atom. The van der Waals surface area contributed by atoms with Crippen molar-refractivity contribution in [3.05, 3.63) is 24.0 Å². The van der Waals surface area contributed by atoms with Gasteiger partial charge in [0.1, 0.15) is 5.82 Å². The number of benzene rings is 1. The summed E-state index contributed by atoms with van der Waals surface area (Å²) in [5, 5.41) is 5.42. The number of halogens is 1. The van der Waals surface area contributed by atoms with Crippen LogP contribution >= 0.6 is 11.9 Å². The zero-order valence-corrected chi connectivity index (χ0v) is 11.8. The van der Waals surface area contributed by atoms with Gasteiger partial charge in [0.15, 0.2) is 0 Å².